The van der Waals surface area contributed by atoms with Gasteiger partial charge in [0.25, 0.3) is 0 Å². The minimum absolute atomic E-state index is 0.107. The minimum atomic E-state index is -3.73. The SMILES string of the molecule is C=CCn1c(O)c(N=NC(=S)Nc2ccc(CC)cc2)c2cc(S(=O)(=O)N3CCOCC3)ccc21. The summed E-state index contributed by atoms with van der Waals surface area (Å²) in [6, 6.07) is 12.5. The van der Waals surface area contributed by atoms with Crippen LogP contribution in [0.1, 0.15) is 12.5 Å². The predicted molar refractivity (Wildman–Crippen MR) is 140 cm³/mol. The van der Waals surface area contributed by atoms with E-state index >= 15 is 0 Å². The molecule has 1 aliphatic heterocycles. The summed E-state index contributed by atoms with van der Waals surface area (Å²) in [4.78, 5) is 0.107. The lowest BCUT2D eigenvalue weighted by molar-refractivity contribution is 0.0730. The van der Waals surface area contributed by atoms with Gasteiger partial charge in [-0.25, -0.2) is 8.42 Å². The smallest absolute Gasteiger partial charge is 0.243 e. The van der Waals surface area contributed by atoms with Crippen LogP contribution >= 0.6 is 12.2 Å². The molecule has 2 aromatic carbocycles. The van der Waals surface area contributed by atoms with E-state index in [-0.39, 0.29) is 34.7 Å². The van der Waals surface area contributed by atoms with Gasteiger partial charge in [0.2, 0.25) is 21.0 Å². The van der Waals surface area contributed by atoms with Crippen LogP contribution < -0.4 is 5.32 Å². The Hall–Kier alpha value is -3.12. The van der Waals surface area contributed by atoms with Crippen LogP contribution in [-0.2, 0) is 27.7 Å². The molecular weight excluding hydrogens is 486 g/mol. The molecule has 1 aromatic heterocycles. The Bertz CT molecular complexity index is 1380. The molecule has 4 rings (SSSR count). The maximum Gasteiger partial charge on any atom is 0.243 e. The molecule has 0 aliphatic carbocycles. The van der Waals surface area contributed by atoms with Crippen LogP contribution in [0.2, 0.25) is 0 Å². The fraction of sp³-hybridized carbons (Fsp3) is 0.292. The molecule has 0 spiro atoms. The van der Waals surface area contributed by atoms with Crippen LogP contribution in [0.25, 0.3) is 10.9 Å². The maximum atomic E-state index is 13.2. The van der Waals surface area contributed by atoms with Gasteiger partial charge in [-0.1, -0.05) is 25.1 Å². The molecular formula is C24H27N5O4S2. The largest absolute Gasteiger partial charge is 0.493 e. The second-order valence-electron chi connectivity index (χ2n) is 7.95. The Morgan fingerprint density at radius 1 is 1.23 bits per heavy atom. The number of anilines is 1. The van der Waals surface area contributed by atoms with Crippen molar-refractivity contribution < 1.29 is 18.3 Å². The van der Waals surface area contributed by atoms with Crippen LogP contribution in [-0.4, -0.2) is 53.8 Å². The number of aryl methyl sites for hydroxylation is 1. The number of hydrogen-bond donors (Lipinski definition) is 2. The summed E-state index contributed by atoms with van der Waals surface area (Å²) in [7, 11) is -3.73. The average Bonchev–Trinajstić information content (AvgIpc) is 3.14. The van der Waals surface area contributed by atoms with Crippen molar-refractivity contribution in [3.63, 3.8) is 0 Å². The van der Waals surface area contributed by atoms with Gasteiger partial charge >= 0.3 is 0 Å². The summed E-state index contributed by atoms with van der Waals surface area (Å²) in [6.07, 6.45) is 2.56. The number of benzene rings is 2. The third-order valence-electron chi connectivity index (χ3n) is 5.76. The number of rotatable bonds is 7. The molecule has 1 aliphatic rings. The monoisotopic (exact) mass is 513 g/mol. The Morgan fingerprint density at radius 3 is 2.60 bits per heavy atom. The van der Waals surface area contributed by atoms with E-state index in [2.05, 4.69) is 29.0 Å². The molecule has 0 atom stereocenters. The number of morpholine rings is 1. The van der Waals surface area contributed by atoms with Gasteiger partial charge in [-0.15, -0.1) is 16.8 Å². The number of allylic oxidation sites excluding steroid dienone is 1. The molecule has 0 amide bonds. The van der Waals surface area contributed by atoms with Gasteiger partial charge < -0.3 is 19.7 Å². The second kappa shape index (κ2) is 10.6. The molecule has 35 heavy (non-hydrogen) atoms. The highest BCUT2D eigenvalue weighted by Gasteiger charge is 2.28. The molecule has 0 radical (unpaired) electrons. The summed E-state index contributed by atoms with van der Waals surface area (Å²) in [5.74, 6) is -0.153. The molecule has 3 aromatic rings. The summed E-state index contributed by atoms with van der Waals surface area (Å²) >= 11 is 5.30. The molecule has 9 nitrogen and oxygen atoms in total. The van der Waals surface area contributed by atoms with E-state index in [1.807, 2.05) is 24.3 Å². The average molecular weight is 514 g/mol. The van der Waals surface area contributed by atoms with E-state index in [1.165, 1.54) is 22.0 Å². The van der Waals surface area contributed by atoms with Crippen LogP contribution in [0.5, 0.6) is 5.88 Å². The van der Waals surface area contributed by atoms with Crippen molar-refractivity contribution in [2.45, 2.75) is 24.8 Å². The van der Waals surface area contributed by atoms with Crippen molar-refractivity contribution >= 4 is 49.6 Å². The molecule has 184 valence electrons. The van der Waals surface area contributed by atoms with Gasteiger partial charge in [0.15, 0.2) is 5.69 Å². The summed E-state index contributed by atoms with van der Waals surface area (Å²) in [5, 5.41) is 22.7. The third kappa shape index (κ3) is 5.27. The van der Waals surface area contributed by atoms with Crippen LogP contribution in [0.3, 0.4) is 0 Å². The van der Waals surface area contributed by atoms with Gasteiger partial charge in [-0.3, -0.25) is 0 Å². The number of azo groups is 1. The Morgan fingerprint density at radius 2 is 1.94 bits per heavy atom. The number of thiocarbonyl (C=S) groups is 1. The van der Waals surface area contributed by atoms with Gasteiger partial charge in [0.1, 0.15) is 0 Å². The Balaban J connectivity index is 1.68. The summed E-state index contributed by atoms with van der Waals surface area (Å²) in [5.41, 5.74) is 2.70. The molecule has 2 heterocycles. The molecule has 1 fully saturated rings. The highest BCUT2D eigenvalue weighted by atomic mass is 32.2. The number of aromatic nitrogens is 1. The molecule has 2 N–H and O–H groups in total. The van der Waals surface area contributed by atoms with Gasteiger partial charge in [0.05, 0.1) is 23.6 Å². The number of ether oxygens (including phenoxy) is 1. The van der Waals surface area contributed by atoms with Crippen molar-refractivity contribution in [1.82, 2.24) is 8.87 Å². The van der Waals surface area contributed by atoms with Crippen molar-refractivity contribution in [2.24, 2.45) is 10.2 Å². The second-order valence-corrected chi connectivity index (χ2v) is 10.3. The zero-order chi connectivity index (χ0) is 25.0. The van der Waals surface area contributed by atoms with E-state index < -0.39 is 10.0 Å². The van der Waals surface area contributed by atoms with Crippen molar-refractivity contribution in [1.29, 1.82) is 0 Å². The lowest BCUT2D eigenvalue weighted by Gasteiger charge is -2.26. The Labute approximate surface area is 209 Å². The lowest BCUT2D eigenvalue weighted by atomic mass is 10.1. The van der Waals surface area contributed by atoms with E-state index in [9.17, 15) is 13.5 Å². The minimum Gasteiger partial charge on any atom is -0.493 e. The number of nitrogens with zero attached hydrogens (tertiary/aromatic N) is 4. The highest BCUT2D eigenvalue weighted by Crippen LogP contribution is 2.40. The highest BCUT2D eigenvalue weighted by molar-refractivity contribution is 7.89. The van der Waals surface area contributed by atoms with Crippen LogP contribution in [0.4, 0.5) is 11.4 Å². The van der Waals surface area contributed by atoms with Crippen LogP contribution in [0.15, 0.2) is 70.2 Å². The predicted octanol–water partition coefficient (Wildman–Crippen LogP) is 4.60. The first-order valence-electron chi connectivity index (χ1n) is 11.2. The first kappa shape index (κ1) is 25.0. The molecule has 0 unspecified atom stereocenters. The first-order valence-corrected chi connectivity index (χ1v) is 13.1. The van der Waals surface area contributed by atoms with Gasteiger partial charge in [-0.2, -0.15) is 4.31 Å². The molecule has 1 saturated heterocycles. The van der Waals surface area contributed by atoms with E-state index in [4.69, 9.17) is 17.0 Å². The summed E-state index contributed by atoms with van der Waals surface area (Å²) < 4.78 is 34.6. The van der Waals surface area contributed by atoms with Crippen molar-refractivity contribution in [2.75, 3.05) is 31.6 Å². The zero-order valence-corrected chi connectivity index (χ0v) is 21.0. The fourth-order valence-corrected chi connectivity index (χ4v) is 5.47. The van der Waals surface area contributed by atoms with Gasteiger partial charge in [-0.05, 0) is 54.5 Å². The van der Waals surface area contributed by atoms with E-state index in [1.54, 1.807) is 16.7 Å². The van der Waals surface area contributed by atoms with E-state index in [0.717, 1.165) is 12.1 Å². The summed E-state index contributed by atoms with van der Waals surface area (Å²) in [6.45, 7) is 7.39. The number of nitrogens with one attached hydrogen (secondary N) is 1. The van der Waals surface area contributed by atoms with Gasteiger partial charge in [0, 0.05) is 30.7 Å². The van der Waals surface area contributed by atoms with Crippen LogP contribution in [0, 0.1) is 0 Å². The number of hydrogen-bond acceptors (Lipinski definition) is 6. The maximum absolute atomic E-state index is 13.2. The zero-order valence-electron chi connectivity index (χ0n) is 19.3. The fourth-order valence-electron chi connectivity index (χ4n) is 3.88. The quantitative estimate of drug-likeness (QED) is 0.272. The number of sulfonamides is 1. The molecule has 11 heteroatoms. The normalized spacial score (nSPS) is 15.0. The first-order chi connectivity index (χ1) is 16.8. The topological polar surface area (TPSA) is 109 Å². The van der Waals surface area contributed by atoms with Crippen molar-refractivity contribution in [3.05, 3.63) is 60.7 Å². The third-order valence-corrected chi connectivity index (χ3v) is 7.83. The number of fused-ring (bicyclic) bond motifs is 1. The Kier molecular flexibility index (Phi) is 7.60. The molecule has 0 bridgehead atoms. The van der Waals surface area contributed by atoms with E-state index in [0.29, 0.717) is 30.7 Å². The number of aromatic hydroxyl groups is 1. The van der Waals surface area contributed by atoms with Crippen molar-refractivity contribution in [3.8, 4) is 5.88 Å². The standard InChI is InChI=1S/C24H27N5O4S2/c1-3-11-29-21-10-9-19(35(31,32)28-12-14-33-15-13-28)16-20(21)22(23(29)30)26-27-24(34)25-18-7-5-17(4-2)6-8-18/h3,5-10,16,30H,1,4,11-15H2,2H3,(H,25,34). The lowest BCUT2D eigenvalue weighted by Crippen LogP contribution is -2.40. The molecule has 0 saturated carbocycles.